The molecular formula is C8H11N3OS2. The van der Waals surface area contributed by atoms with Crippen LogP contribution in [-0.2, 0) is 4.79 Å². The zero-order valence-corrected chi connectivity index (χ0v) is 9.40. The highest BCUT2D eigenvalue weighted by atomic mass is 32.2. The molecule has 0 aliphatic heterocycles. The first-order valence-corrected chi connectivity index (χ1v) is 5.81. The van der Waals surface area contributed by atoms with E-state index in [1.807, 2.05) is 6.92 Å². The summed E-state index contributed by atoms with van der Waals surface area (Å²) in [4.78, 5) is 11.4. The smallest absolute Gasteiger partial charge is 0.233 e. The molecule has 1 N–H and O–H groups in total. The van der Waals surface area contributed by atoms with E-state index in [1.54, 1.807) is 11.6 Å². The minimum atomic E-state index is -0.150. The van der Waals surface area contributed by atoms with E-state index in [9.17, 15) is 4.79 Å². The van der Waals surface area contributed by atoms with Gasteiger partial charge in [-0.15, -0.1) is 16.8 Å². The van der Waals surface area contributed by atoms with E-state index >= 15 is 0 Å². The lowest BCUT2D eigenvalue weighted by atomic mass is 10.4. The van der Waals surface area contributed by atoms with Crippen LogP contribution < -0.4 is 5.32 Å². The standard InChI is InChI=1S/C8H11N3OS2/c1-3-4-9-7(12)6(2)14-8-11-10-5-13-8/h3,5-6H,1,4H2,2H3,(H,9,12)/t6-/m1/s1. The number of rotatable bonds is 5. The molecule has 1 aromatic rings. The van der Waals surface area contributed by atoms with E-state index < -0.39 is 0 Å². The van der Waals surface area contributed by atoms with Gasteiger partial charge in [-0.05, 0) is 6.92 Å². The second-order valence-corrected chi connectivity index (χ2v) is 4.92. The normalized spacial score (nSPS) is 12.1. The molecule has 0 radical (unpaired) electrons. The van der Waals surface area contributed by atoms with E-state index in [-0.39, 0.29) is 11.2 Å². The molecule has 0 unspecified atom stereocenters. The van der Waals surface area contributed by atoms with Crippen molar-refractivity contribution in [2.75, 3.05) is 6.54 Å². The summed E-state index contributed by atoms with van der Waals surface area (Å²) >= 11 is 2.84. The lowest BCUT2D eigenvalue weighted by molar-refractivity contribution is -0.120. The number of amides is 1. The van der Waals surface area contributed by atoms with E-state index in [0.717, 1.165) is 4.34 Å². The van der Waals surface area contributed by atoms with Gasteiger partial charge in [0.1, 0.15) is 5.51 Å². The van der Waals surface area contributed by atoms with Crippen molar-refractivity contribution in [2.24, 2.45) is 0 Å². The molecule has 0 fully saturated rings. The van der Waals surface area contributed by atoms with Crippen LogP contribution in [0.5, 0.6) is 0 Å². The Hall–Kier alpha value is -0.880. The Morgan fingerprint density at radius 3 is 3.29 bits per heavy atom. The van der Waals surface area contributed by atoms with Gasteiger partial charge in [-0.3, -0.25) is 4.79 Å². The van der Waals surface area contributed by atoms with Gasteiger partial charge < -0.3 is 5.32 Å². The molecule has 0 bridgehead atoms. The van der Waals surface area contributed by atoms with Crippen molar-refractivity contribution in [3.05, 3.63) is 18.2 Å². The zero-order valence-electron chi connectivity index (χ0n) is 7.77. The van der Waals surface area contributed by atoms with Crippen molar-refractivity contribution in [2.45, 2.75) is 16.5 Å². The van der Waals surface area contributed by atoms with E-state index in [1.165, 1.54) is 23.1 Å². The summed E-state index contributed by atoms with van der Waals surface area (Å²) in [5.74, 6) is -0.00917. The Labute approximate surface area is 90.8 Å². The fourth-order valence-electron chi connectivity index (χ4n) is 0.736. The molecule has 1 aromatic heterocycles. The van der Waals surface area contributed by atoms with Crippen molar-refractivity contribution >= 4 is 29.0 Å². The highest BCUT2D eigenvalue weighted by molar-refractivity contribution is 8.02. The van der Waals surface area contributed by atoms with Crippen LogP contribution in [0.3, 0.4) is 0 Å². The first-order valence-electron chi connectivity index (χ1n) is 4.05. The number of carbonyl (C=O) groups excluding carboxylic acids is 1. The Kier molecular flexibility index (Phi) is 4.61. The Morgan fingerprint density at radius 2 is 2.71 bits per heavy atom. The maximum atomic E-state index is 11.4. The molecule has 0 saturated heterocycles. The molecule has 4 nitrogen and oxygen atoms in total. The number of thioether (sulfide) groups is 1. The topological polar surface area (TPSA) is 54.9 Å². The summed E-state index contributed by atoms with van der Waals surface area (Å²) in [7, 11) is 0. The van der Waals surface area contributed by atoms with Gasteiger partial charge >= 0.3 is 0 Å². The molecule has 1 heterocycles. The number of nitrogens with zero attached hydrogens (tertiary/aromatic N) is 2. The minimum Gasteiger partial charge on any atom is -0.352 e. The first-order chi connectivity index (χ1) is 6.74. The third-order valence-corrected chi connectivity index (χ3v) is 3.32. The van der Waals surface area contributed by atoms with Gasteiger partial charge in [0.05, 0.1) is 5.25 Å². The molecule has 0 aromatic carbocycles. The predicted molar refractivity (Wildman–Crippen MR) is 58.4 cm³/mol. The third kappa shape index (κ3) is 3.47. The van der Waals surface area contributed by atoms with Gasteiger partial charge in [0, 0.05) is 6.54 Å². The molecule has 1 rings (SSSR count). The molecule has 1 amide bonds. The Balaban J connectivity index is 2.37. The van der Waals surface area contributed by atoms with Crippen LogP contribution in [-0.4, -0.2) is 27.9 Å². The van der Waals surface area contributed by atoms with Gasteiger partial charge in [-0.2, -0.15) is 0 Å². The van der Waals surface area contributed by atoms with Gasteiger partial charge in [0.15, 0.2) is 4.34 Å². The largest absolute Gasteiger partial charge is 0.352 e. The third-order valence-electron chi connectivity index (χ3n) is 1.41. The van der Waals surface area contributed by atoms with Gasteiger partial charge in [-0.1, -0.05) is 29.2 Å². The van der Waals surface area contributed by atoms with Crippen molar-refractivity contribution in [1.82, 2.24) is 15.5 Å². The van der Waals surface area contributed by atoms with Gasteiger partial charge in [0.2, 0.25) is 5.91 Å². The maximum absolute atomic E-state index is 11.4. The molecule has 1 atom stereocenters. The molecule has 76 valence electrons. The molecule has 0 saturated carbocycles. The van der Waals surface area contributed by atoms with Crippen LogP contribution >= 0.6 is 23.1 Å². The molecular weight excluding hydrogens is 218 g/mol. The molecule has 0 aliphatic rings. The number of hydrogen-bond donors (Lipinski definition) is 1. The average Bonchev–Trinajstić information content (AvgIpc) is 2.66. The fraction of sp³-hybridized carbons (Fsp3) is 0.375. The number of hydrogen-bond acceptors (Lipinski definition) is 5. The monoisotopic (exact) mass is 229 g/mol. The maximum Gasteiger partial charge on any atom is 0.233 e. The summed E-state index contributed by atoms with van der Waals surface area (Å²) < 4.78 is 0.811. The average molecular weight is 229 g/mol. The zero-order chi connectivity index (χ0) is 10.4. The van der Waals surface area contributed by atoms with E-state index in [0.29, 0.717) is 6.54 Å². The minimum absolute atomic E-state index is 0.00917. The van der Waals surface area contributed by atoms with Crippen molar-refractivity contribution in [3.63, 3.8) is 0 Å². The summed E-state index contributed by atoms with van der Waals surface area (Å²) in [5.41, 5.74) is 1.65. The summed E-state index contributed by atoms with van der Waals surface area (Å²) in [6, 6.07) is 0. The highest BCUT2D eigenvalue weighted by Crippen LogP contribution is 2.23. The fourth-order valence-corrected chi connectivity index (χ4v) is 2.39. The van der Waals surface area contributed by atoms with Crippen LogP contribution in [0.15, 0.2) is 22.5 Å². The van der Waals surface area contributed by atoms with Crippen LogP contribution in [0.1, 0.15) is 6.92 Å². The van der Waals surface area contributed by atoms with E-state index in [2.05, 4.69) is 22.1 Å². The van der Waals surface area contributed by atoms with Gasteiger partial charge in [-0.25, -0.2) is 0 Å². The van der Waals surface area contributed by atoms with Crippen LogP contribution in [0.25, 0.3) is 0 Å². The first kappa shape index (κ1) is 11.2. The SMILES string of the molecule is C=CCNC(=O)[C@@H](C)Sc1nncs1. The Morgan fingerprint density at radius 1 is 1.93 bits per heavy atom. The molecule has 0 aliphatic carbocycles. The van der Waals surface area contributed by atoms with Crippen LogP contribution in [0, 0.1) is 0 Å². The van der Waals surface area contributed by atoms with Crippen LogP contribution in [0.4, 0.5) is 0 Å². The van der Waals surface area contributed by atoms with Gasteiger partial charge in [0.25, 0.3) is 0 Å². The predicted octanol–water partition coefficient (Wildman–Crippen LogP) is 1.32. The van der Waals surface area contributed by atoms with Crippen molar-refractivity contribution in [1.29, 1.82) is 0 Å². The summed E-state index contributed by atoms with van der Waals surface area (Å²) in [6.07, 6.45) is 1.65. The molecule has 0 spiro atoms. The number of nitrogens with one attached hydrogen (secondary N) is 1. The summed E-state index contributed by atoms with van der Waals surface area (Å²) in [5, 5.41) is 10.1. The Bertz CT molecular complexity index is 300. The highest BCUT2D eigenvalue weighted by Gasteiger charge is 2.14. The molecule has 6 heteroatoms. The number of aromatic nitrogens is 2. The van der Waals surface area contributed by atoms with E-state index in [4.69, 9.17) is 0 Å². The molecule has 14 heavy (non-hydrogen) atoms. The van der Waals surface area contributed by atoms with Crippen molar-refractivity contribution in [3.8, 4) is 0 Å². The second-order valence-electron chi connectivity index (χ2n) is 2.50. The van der Waals surface area contributed by atoms with Crippen LogP contribution in [0.2, 0.25) is 0 Å². The quantitative estimate of drug-likeness (QED) is 0.611. The van der Waals surface area contributed by atoms with Crippen molar-refractivity contribution < 1.29 is 4.79 Å². The summed E-state index contributed by atoms with van der Waals surface area (Å²) in [6.45, 7) is 5.86. The lowest BCUT2D eigenvalue weighted by Crippen LogP contribution is -2.30. The number of carbonyl (C=O) groups is 1. The lowest BCUT2D eigenvalue weighted by Gasteiger charge is -2.07. The second kappa shape index (κ2) is 5.77.